The molecule has 0 fully saturated rings. The number of carboxylic acid groups (broad SMARTS) is 1. The second-order valence-corrected chi connectivity index (χ2v) is 7.32. The smallest absolute Gasteiger partial charge is 0.365 e. The van der Waals surface area contributed by atoms with Crippen LogP contribution in [0.25, 0.3) is 32.9 Å². The Bertz CT molecular complexity index is 1180. The lowest BCUT2D eigenvalue weighted by Gasteiger charge is -2.23. The normalized spacial score (nSPS) is 11.6. The van der Waals surface area contributed by atoms with Gasteiger partial charge in [0.2, 0.25) is 5.01 Å². The molecule has 1 N–H and O–H groups in total. The maximum absolute atomic E-state index is 13.5. The molecule has 0 aliphatic heterocycles. The molecule has 4 aromatic rings. The monoisotopic (exact) mass is 386 g/mol. The number of carbonyl (C=O) groups is 1. The standard InChI is InChI=1S/C18H15FN4O3S/c1-8(2)23(3)15-13(12-7-9-6-10(19)4-5-11(9)26-12)20-14-16(22-15)27-17(21-14)18(24)25/h4-8H,1-3H3,(H,24,25). The van der Waals surface area contributed by atoms with E-state index in [2.05, 4.69) is 15.0 Å². The van der Waals surface area contributed by atoms with Gasteiger partial charge in [0.1, 0.15) is 11.4 Å². The Morgan fingerprint density at radius 3 is 2.74 bits per heavy atom. The molecule has 27 heavy (non-hydrogen) atoms. The van der Waals surface area contributed by atoms with E-state index >= 15 is 0 Å². The predicted octanol–water partition coefficient (Wildman–Crippen LogP) is 4.18. The van der Waals surface area contributed by atoms with Gasteiger partial charge in [0.15, 0.2) is 27.7 Å². The van der Waals surface area contributed by atoms with E-state index < -0.39 is 5.97 Å². The molecule has 0 bridgehead atoms. The van der Waals surface area contributed by atoms with E-state index in [4.69, 9.17) is 4.42 Å². The molecule has 9 heteroatoms. The van der Waals surface area contributed by atoms with Crippen molar-refractivity contribution in [1.82, 2.24) is 15.0 Å². The molecule has 0 saturated carbocycles. The Morgan fingerprint density at radius 2 is 2.04 bits per heavy atom. The number of nitrogens with zero attached hydrogens (tertiary/aromatic N) is 4. The largest absolute Gasteiger partial charge is 0.476 e. The van der Waals surface area contributed by atoms with Crippen LogP contribution in [-0.2, 0) is 0 Å². The van der Waals surface area contributed by atoms with Crippen LogP contribution in [0, 0.1) is 5.82 Å². The van der Waals surface area contributed by atoms with Gasteiger partial charge in [-0.05, 0) is 38.1 Å². The average molecular weight is 386 g/mol. The summed E-state index contributed by atoms with van der Waals surface area (Å²) < 4.78 is 19.4. The number of anilines is 1. The maximum atomic E-state index is 13.5. The predicted molar refractivity (Wildman–Crippen MR) is 101 cm³/mol. The van der Waals surface area contributed by atoms with Crippen molar-refractivity contribution < 1.29 is 18.7 Å². The second kappa shape index (κ2) is 6.27. The van der Waals surface area contributed by atoms with Crippen molar-refractivity contribution in [2.75, 3.05) is 11.9 Å². The molecule has 0 spiro atoms. The van der Waals surface area contributed by atoms with E-state index in [0.717, 1.165) is 11.3 Å². The van der Waals surface area contributed by atoms with E-state index in [1.807, 2.05) is 25.8 Å². The number of furan rings is 1. The van der Waals surface area contributed by atoms with Gasteiger partial charge in [0, 0.05) is 18.5 Å². The van der Waals surface area contributed by atoms with Gasteiger partial charge in [-0.25, -0.2) is 24.1 Å². The Morgan fingerprint density at radius 1 is 1.26 bits per heavy atom. The summed E-state index contributed by atoms with van der Waals surface area (Å²) in [5.74, 6) is -0.532. The highest BCUT2D eigenvalue weighted by Crippen LogP contribution is 2.35. The fourth-order valence-electron chi connectivity index (χ4n) is 2.63. The van der Waals surface area contributed by atoms with Crippen LogP contribution in [0.15, 0.2) is 28.7 Å². The van der Waals surface area contributed by atoms with Gasteiger partial charge in [-0.2, -0.15) is 0 Å². The SMILES string of the molecule is CC(C)N(C)c1nc2sc(C(=O)O)nc2nc1-c1cc2cc(F)ccc2o1. The molecule has 3 heterocycles. The van der Waals surface area contributed by atoms with Crippen molar-refractivity contribution in [3.63, 3.8) is 0 Å². The molecule has 0 amide bonds. The molecule has 138 valence electrons. The molecule has 0 aliphatic carbocycles. The first kappa shape index (κ1) is 17.3. The van der Waals surface area contributed by atoms with Crippen LogP contribution in [0.1, 0.15) is 23.6 Å². The highest BCUT2D eigenvalue weighted by molar-refractivity contribution is 7.19. The van der Waals surface area contributed by atoms with Crippen LogP contribution in [0.2, 0.25) is 0 Å². The van der Waals surface area contributed by atoms with Crippen molar-refractivity contribution >= 4 is 44.6 Å². The number of fused-ring (bicyclic) bond motifs is 2. The summed E-state index contributed by atoms with van der Waals surface area (Å²) in [6.45, 7) is 4.00. The van der Waals surface area contributed by atoms with E-state index in [1.165, 1.54) is 12.1 Å². The molecule has 0 saturated heterocycles. The highest BCUT2D eigenvalue weighted by Gasteiger charge is 2.22. The van der Waals surface area contributed by atoms with Gasteiger partial charge in [0.05, 0.1) is 0 Å². The van der Waals surface area contributed by atoms with E-state index in [1.54, 1.807) is 12.1 Å². The van der Waals surface area contributed by atoms with Crippen LogP contribution in [0.3, 0.4) is 0 Å². The van der Waals surface area contributed by atoms with E-state index in [0.29, 0.717) is 33.1 Å². The van der Waals surface area contributed by atoms with E-state index in [9.17, 15) is 14.3 Å². The third-order valence-electron chi connectivity index (χ3n) is 4.23. The first-order chi connectivity index (χ1) is 12.8. The zero-order chi connectivity index (χ0) is 19.3. The lowest BCUT2D eigenvalue weighted by Crippen LogP contribution is -2.27. The van der Waals surface area contributed by atoms with Crippen LogP contribution in [0.5, 0.6) is 0 Å². The summed E-state index contributed by atoms with van der Waals surface area (Å²) in [5.41, 5.74) is 1.19. The summed E-state index contributed by atoms with van der Waals surface area (Å²) in [6, 6.07) is 6.06. The number of benzene rings is 1. The molecule has 0 atom stereocenters. The summed E-state index contributed by atoms with van der Waals surface area (Å²) in [4.78, 5) is 26.7. The zero-order valence-electron chi connectivity index (χ0n) is 14.7. The van der Waals surface area contributed by atoms with Gasteiger partial charge < -0.3 is 14.4 Å². The topological polar surface area (TPSA) is 92.4 Å². The first-order valence-corrected chi connectivity index (χ1v) is 8.99. The molecule has 0 aliphatic rings. The number of hydrogen-bond acceptors (Lipinski definition) is 7. The molecule has 3 aromatic heterocycles. The van der Waals surface area contributed by atoms with Crippen LogP contribution in [0.4, 0.5) is 10.2 Å². The minimum atomic E-state index is -1.13. The molecule has 1 aromatic carbocycles. The fourth-order valence-corrected chi connectivity index (χ4v) is 3.35. The minimum Gasteiger partial charge on any atom is -0.476 e. The van der Waals surface area contributed by atoms with Crippen LogP contribution < -0.4 is 4.90 Å². The van der Waals surface area contributed by atoms with Crippen molar-refractivity contribution in [2.45, 2.75) is 19.9 Å². The van der Waals surface area contributed by atoms with Gasteiger partial charge >= 0.3 is 5.97 Å². The van der Waals surface area contributed by atoms with Gasteiger partial charge in [-0.1, -0.05) is 11.3 Å². The summed E-state index contributed by atoms with van der Waals surface area (Å²) in [7, 11) is 1.87. The highest BCUT2D eigenvalue weighted by atomic mass is 32.1. The fraction of sp³-hybridized carbons (Fsp3) is 0.222. The van der Waals surface area contributed by atoms with Gasteiger partial charge in [-0.3, -0.25) is 0 Å². The zero-order valence-corrected chi connectivity index (χ0v) is 15.5. The van der Waals surface area contributed by atoms with Crippen molar-refractivity contribution in [3.8, 4) is 11.5 Å². The average Bonchev–Trinajstić information content (AvgIpc) is 3.22. The van der Waals surface area contributed by atoms with Crippen molar-refractivity contribution in [1.29, 1.82) is 0 Å². The minimum absolute atomic E-state index is 0.0769. The van der Waals surface area contributed by atoms with Crippen LogP contribution >= 0.6 is 11.3 Å². The lowest BCUT2D eigenvalue weighted by atomic mass is 10.2. The third-order valence-corrected chi connectivity index (χ3v) is 5.16. The summed E-state index contributed by atoms with van der Waals surface area (Å²) >= 11 is 0.968. The molecule has 4 rings (SSSR count). The Kier molecular flexibility index (Phi) is 4.03. The number of aromatic carboxylic acids is 1. The molecule has 7 nitrogen and oxygen atoms in total. The number of hydrogen-bond donors (Lipinski definition) is 1. The quantitative estimate of drug-likeness (QED) is 0.562. The third kappa shape index (κ3) is 2.99. The Balaban J connectivity index is 1.97. The van der Waals surface area contributed by atoms with Crippen molar-refractivity contribution in [2.24, 2.45) is 0 Å². The first-order valence-electron chi connectivity index (χ1n) is 8.17. The van der Waals surface area contributed by atoms with Gasteiger partial charge in [-0.15, -0.1) is 0 Å². The van der Waals surface area contributed by atoms with Crippen molar-refractivity contribution in [3.05, 3.63) is 35.1 Å². The molecule has 0 unspecified atom stereocenters. The van der Waals surface area contributed by atoms with Gasteiger partial charge in [0.25, 0.3) is 0 Å². The van der Waals surface area contributed by atoms with E-state index in [-0.39, 0.29) is 22.5 Å². The summed E-state index contributed by atoms with van der Waals surface area (Å²) in [6.07, 6.45) is 0. The summed E-state index contributed by atoms with van der Waals surface area (Å²) in [5, 5.41) is 9.72. The Labute approximate surface area is 157 Å². The molecular weight excluding hydrogens is 371 g/mol. The maximum Gasteiger partial charge on any atom is 0.365 e. The van der Waals surface area contributed by atoms with Crippen LogP contribution in [-0.4, -0.2) is 39.1 Å². The second-order valence-electron chi connectivity index (χ2n) is 6.35. The number of aromatic nitrogens is 3. The Hall–Kier alpha value is -3.07. The molecular formula is C18H15FN4O3S. The molecule has 0 radical (unpaired) electrons. The lowest BCUT2D eigenvalue weighted by molar-refractivity contribution is 0.0696. The number of rotatable bonds is 4. The number of carboxylic acids is 1. The number of thiazole rings is 1. The number of halogens is 1.